The van der Waals surface area contributed by atoms with Crippen LogP contribution in [0.2, 0.25) is 0 Å². The number of hydrogen-bond donors (Lipinski definition) is 0. The van der Waals surface area contributed by atoms with Gasteiger partial charge < -0.3 is 4.74 Å². The maximum Gasteiger partial charge on any atom is 0.119 e. The van der Waals surface area contributed by atoms with Gasteiger partial charge in [-0.2, -0.15) is 0 Å². The Morgan fingerprint density at radius 3 is 3.00 bits per heavy atom. The summed E-state index contributed by atoms with van der Waals surface area (Å²) in [6, 6.07) is 6.34. The summed E-state index contributed by atoms with van der Waals surface area (Å²) in [5.74, 6) is 1.51. The van der Waals surface area contributed by atoms with Crippen LogP contribution in [0.25, 0.3) is 0 Å². The highest BCUT2D eigenvalue weighted by Gasteiger charge is 2.11. The minimum Gasteiger partial charge on any atom is -0.497 e. The van der Waals surface area contributed by atoms with Crippen LogP contribution in [-0.4, -0.2) is 7.11 Å². The third-order valence-electron chi connectivity index (χ3n) is 2.60. The third-order valence-corrected chi connectivity index (χ3v) is 2.60. The predicted molar refractivity (Wildman–Crippen MR) is 54.3 cm³/mol. The first kappa shape index (κ1) is 8.36. The van der Waals surface area contributed by atoms with Crippen LogP contribution in [0.4, 0.5) is 0 Å². The summed E-state index contributed by atoms with van der Waals surface area (Å²) in [7, 11) is 1.71. The molecule has 13 heavy (non-hydrogen) atoms. The highest BCUT2D eigenvalue weighted by atomic mass is 16.5. The highest BCUT2D eigenvalue weighted by molar-refractivity contribution is 5.42. The van der Waals surface area contributed by atoms with E-state index in [0.717, 1.165) is 12.2 Å². The maximum atomic E-state index is 5.19. The molecule has 2 rings (SSSR count). The van der Waals surface area contributed by atoms with Crippen LogP contribution in [0.15, 0.2) is 30.4 Å². The van der Waals surface area contributed by atoms with E-state index in [-0.39, 0.29) is 0 Å². The number of rotatable bonds is 1. The van der Waals surface area contributed by atoms with Gasteiger partial charge in [0.05, 0.1) is 7.11 Å². The van der Waals surface area contributed by atoms with Crippen LogP contribution in [0.5, 0.6) is 5.75 Å². The molecule has 0 aliphatic heterocycles. The van der Waals surface area contributed by atoms with E-state index in [1.54, 1.807) is 7.11 Å². The lowest BCUT2D eigenvalue weighted by atomic mass is 9.89. The predicted octanol–water partition coefficient (Wildman–Crippen LogP) is 2.91. The molecule has 1 atom stereocenters. The van der Waals surface area contributed by atoms with Crippen LogP contribution in [-0.2, 0) is 6.42 Å². The molecule has 0 radical (unpaired) electrons. The van der Waals surface area contributed by atoms with Crippen LogP contribution in [0, 0.1) is 0 Å². The summed E-state index contributed by atoms with van der Waals surface area (Å²) in [4.78, 5) is 0. The van der Waals surface area contributed by atoms with Crippen molar-refractivity contribution in [3.05, 3.63) is 41.5 Å². The van der Waals surface area contributed by atoms with Crippen molar-refractivity contribution in [2.75, 3.05) is 7.11 Å². The largest absolute Gasteiger partial charge is 0.497 e. The molecule has 0 bridgehead atoms. The zero-order chi connectivity index (χ0) is 9.26. The Hall–Kier alpha value is -1.24. The third kappa shape index (κ3) is 1.46. The molecule has 0 aromatic heterocycles. The molecule has 1 aliphatic rings. The fourth-order valence-electron chi connectivity index (χ4n) is 1.83. The lowest BCUT2D eigenvalue weighted by Crippen LogP contribution is -2.01. The van der Waals surface area contributed by atoms with Gasteiger partial charge in [0.2, 0.25) is 0 Å². The molecule has 0 heterocycles. The molecular weight excluding hydrogens is 160 g/mol. The molecule has 0 fully saturated rings. The molecule has 1 nitrogen and oxygen atoms in total. The van der Waals surface area contributed by atoms with Crippen LogP contribution in [0.1, 0.15) is 24.0 Å². The van der Waals surface area contributed by atoms with Crippen molar-refractivity contribution in [2.45, 2.75) is 19.3 Å². The molecule has 0 saturated heterocycles. The molecule has 0 amide bonds. The van der Waals surface area contributed by atoms with Crippen LogP contribution < -0.4 is 4.74 Å². The van der Waals surface area contributed by atoms with Crippen LogP contribution >= 0.6 is 0 Å². The molecule has 0 saturated carbocycles. The van der Waals surface area contributed by atoms with E-state index in [9.17, 15) is 0 Å². The zero-order valence-electron chi connectivity index (χ0n) is 8.08. The Bertz CT molecular complexity index is 339. The maximum absolute atomic E-state index is 5.19. The number of fused-ring (bicyclic) bond motifs is 1. The number of ether oxygens (including phenoxy) is 1. The summed E-state index contributed by atoms with van der Waals surface area (Å²) in [6.07, 6.45) is 5.53. The smallest absolute Gasteiger partial charge is 0.119 e. The summed E-state index contributed by atoms with van der Waals surface area (Å²) in [6.45, 7) is 2.22. The lowest BCUT2D eigenvalue weighted by molar-refractivity contribution is 0.414. The molecular formula is C12H14O. The first-order valence-electron chi connectivity index (χ1n) is 4.64. The van der Waals surface area contributed by atoms with Gasteiger partial charge >= 0.3 is 0 Å². The van der Waals surface area contributed by atoms with Gasteiger partial charge in [0.25, 0.3) is 0 Å². The van der Waals surface area contributed by atoms with Gasteiger partial charge in [-0.3, -0.25) is 0 Å². The van der Waals surface area contributed by atoms with Gasteiger partial charge in [-0.15, -0.1) is 0 Å². The normalized spacial score (nSPS) is 19.7. The summed E-state index contributed by atoms with van der Waals surface area (Å²) < 4.78 is 5.19. The molecule has 0 spiro atoms. The Morgan fingerprint density at radius 1 is 1.38 bits per heavy atom. The fraction of sp³-hybridized carbons (Fsp3) is 0.333. The highest BCUT2D eigenvalue weighted by Crippen LogP contribution is 2.29. The van der Waals surface area contributed by atoms with E-state index in [4.69, 9.17) is 4.74 Å². The quantitative estimate of drug-likeness (QED) is 0.595. The van der Waals surface area contributed by atoms with Gasteiger partial charge in [0.1, 0.15) is 5.75 Å². The molecule has 0 unspecified atom stereocenters. The van der Waals surface area contributed by atoms with Crippen molar-refractivity contribution in [2.24, 2.45) is 0 Å². The van der Waals surface area contributed by atoms with Gasteiger partial charge in [-0.25, -0.2) is 0 Å². The summed E-state index contributed by atoms with van der Waals surface area (Å²) in [5.41, 5.74) is 2.83. The van der Waals surface area contributed by atoms with Crippen molar-refractivity contribution in [3.8, 4) is 5.75 Å². The molecule has 1 heteroatoms. The second-order valence-corrected chi connectivity index (χ2v) is 3.49. The van der Waals surface area contributed by atoms with E-state index in [2.05, 4.69) is 31.2 Å². The molecule has 1 aliphatic carbocycles. The Labute approximate surface area is 79.0 Å². The minimum atomic E-state index is 0.551. The van der Waals surface area contributed by atoms with Gasteiger partial charge in [-0.05, 0) is 35.6 Å². The standard InChI is InChI=1S/C12H14O/c1-9-4-3-5-10-8-11(13-2)6-7-12(9)10/h3-4,6-9H,5H2,1-2H3/t9-/m1/s1. The average molecular weight is 174 g/mol. The van der Waals surface area contributed by atoms with Gasteiger partial charge in [-0.1, -0.05) is 25.1 Å². The first-order valence-corrected chi connectivity index (χ1v) is 4.64. The number of benzene rings is 1. The molecule has 1 aromatic rings. The van der Waals surface area contributed by atoms with Crippen molar-refractivity contribution >= 4 is 0 Å². The monoisotopic (exact) mass is 174 g/mol. The Morgan fingerprint density at radius 2 is 2.23 bits per heavy atom. The topological polar surface area (TPSA) is 9.23 Å². The Balaban J connectivity index is 2.43. The average Bonchev–Trinajstić information content (AvgIpc) is 2.18. The zero-order valence-corrected chi connectivity index (χ0v) is 8.08. The van der Waals surface area contributed by atoms with E-state index < -0.39 is 0 Å². The first-order chi connectivity index (χ1) is 6.31. The molecule has 0 N–H and O–H groups in total. The van der Waals surface area contributed by atoms with E-state index in [0.29, 0.717) is 5.92 Å². The SMILES string of the molecule is COc1ccc2c(c1)CC=C[C@H]2C. The number of allylic oxidation sites excluding steroid dienone is 2. The van der Waals surface area contributed by atoms with Crippen molar-refractivity contribution in [1.29, 1.82) is 0 Å². The molecule has 68 valence electrons. The second kappa shape index (κ2) is 3.25. The van der Waals surface area contributed by atoms with E-state index >= 15 is 0 Å². The van der Waals surface area contributed by atoms with E-state index in [1.165, 1.54) is 11.1 Å². The summed E-state index contributed by atoms with van der Waals surface area (Å²) >= 11 is 0. The number of hydrogen-bond acceptors (Lipinski definition) is 1. The second-order valence-electron chi connectivity index (χ2n) is 3.49. The van der Waals surface area contributed by atoms with Crippen molar-refractivity contribution in [1.82, 2.24) is 0 Å². The minimum absolute atomic E-state index is 0.551. The van der Waals surface area contributed by atoms with Gasteiger partial charge in [0, 0.05) is 0 Å². The number of methoxy groups -OCH3 is 1. The lowest BCUT2D eigenvalue weighted by Gasteiger charge is -2.17. The van der Waals surface area contributed by atoms with Crippen molar-refractivity contribution in [3.63, 3.8) is 0 Å². The molecule has 1 aromatic carbocycles. The van der Waals surface area contributed by atoms with Gasteiger partial charge in [0.15, 0.2) is 0 Å². The van der Waals surface area contributed by atoms with E-state index in [1.807, 2.05) is 6.07 Å². The Kier molecular flexibility index (Phi) is 2.09. The van der Waals surface area contributed by atoms with Crippen LogP contribution in [0.3, 0.4) is 0 Å². The summed E-state index contributed by atoms with van der Waals surface area (Å²) in [5, 5.41) is 0. The van der Waals surface area contributed by atoms with Crippen molar-refractivity contribution < 1.29 is 4.74 Å². The fourth-order valence-corrected chi connectivity index (χ4v) is 1.83.